The standard InChI is InChI=1S/C25H23FO5/c1-29-18-8-4-16(5-9-18)22(15-24(27)17-6-10-19(30-2)11-7-17)25(28)21-13-12-20(31-3)14-23(21)26/h4-14,22H,15H2,1-3H3. The molecule has 1 atom stereocenters. The van der Waals surface area contributed by atoms with Crippen LogP contribution in [-0.2, 0) is 0 Å². The van der Waals surface area contributed by atoms with Gasteiger partial charge in [-0.15, -0.1) is 0 Å². The van der Waals surface area contributed by atoms with Crippen molar-refractivity contribution in [3.8, 4) is 17.2 Å². The second kappa shape index (κ2) is 9.89. The minimum Gasteiger partial charge on any atom is -0.497 e. The van der Waals surface area contributed by atoms with E-state index in [0.29, 0.717) is 28.4 Å². The highest BCUT2D eigenvalue weighted by molar-refractivity contribution is 6.06. The molecule has 6 heteroatoms. The van der Waals surface area contributed by atoms with E-state index in [2.05, 4.69) is 0 Å². The van der Waals surface area contributed by atoms with Crippen LogP contribution in [-0.4, -0.2) is 32.9 Å². The SMILES string of the molecule is COc1ccc(C(=O)CC(C(=O)c2ccc(OC)cc2F)c2ccc(OC)cc2)cc1. The van der Waals surface area contributed by atoms with Crippen molar-refractivity contribution in [2.75, 3.05) is 21.3 Å². The van der Waals surface area contributed by atoms with Crippen LogP contribution in [0, 0.1) is 5.82 Å². The summed E-state index contributed by atoms with van der Waals surface area (Å²) in [6.07, 6.45) is -0.108. The average molecular weight is 422 g/mol. The van der Waals surface area contributed by atoms with E-state index in [0.717, 1.165) is 6.07 Å². The molecule has 0 aliphatic carbocycles. The smallest absolute Gasteiger partial charge is 0.173 e. The van der Waals surface area contributed by atoms with Crippen molar-refractivity contribution in [3.63, 3.8) is 0 Å². The van der Waals surface area contributed by atoms with Gasteiger partial charge in [-0.05, 0) is 54.1 Å². The summed E-state index contributed by atoms with van der Waals surface area (Å²) in [7, 11) is 4.50. The molecule has 0 saturated carbocycles. The molecule has 0 heterocycles. The van der Waals surface area contributed by atoms with Crippen LogP contribution in [0.25, 0.3) is 0 Å². The van der Waals surface area contributed by atoms with E-state index in [1.165, 1.54) is 26.4 Å². The quantitative estimate of drug-likeness (QED) is 0.450. The van der Waals surface area contributed by atoms with Gasteiger partial charge in [0.2, 0.25) is 0 Å². The number of hydrogen-bond acceptors (Lipinski definition) is 5. The van der Waals surface area contributed by atoms with Gasteiger partial charge in [0.1, 0.15) is 23.1 Å². The number of halogens is 1. The van der Waals surface area contributed by atoms with Gasteiger partial charge in [-0.2, -0.15) is 0 Å². The van der Waals surface area contributed by atoms with Crippen LogP contribution in [0.3, 0.4) is 0 Å². The molecule has 0 saturated heterocycles. The predicted molar refractivity (Wildman–Crippen MR) is 115 cm³/mol. The third kappa shape index (κ3) is 5.09. The average Bonchev–Trinajstić information content (AvgIpc) is 2.82. The van der Waals surface area contributed by atoms with Crippen LogP contribution in [0.2, 0.25) is 0 Å². The molecule has 1 unspecified atom stereocenters. The summed E-state index contributed by atoms with van der Waals surface area (Å²) in [4.78, 5) is 26.2. The van der Waals surface area contributed by atoms with Gasteiger partial charge in [0.15, 0.2) is 11.6 Å². The lowest BCUT2D eigenvalue weighted by molar-refractivity contribution is 0.0890. The molecule has 3 rings (SSSR count). The Morgan fingerprint density at radius 2 is 1.29 bits per heavy atom. The number of Topliss-reactive ketones (excluding diaryl/α,β-unsaturated/α-hetero) is 2. The van der Waals surface area contributed by atoms with Crippen LogP contribution >= 0.6 is 0 Å². The Morgan fingerprint density at radius 3 is 1.81 bits per heavy atom. The maximum absolute atomic E-state index is 14.6. The van der Waals surface area contributed by atoms with Gasteiger partial charge in [-0.25, -0.2) is 4.39 Å². The minimum absolute atomic E-state index is 0.0934. The summed E-state index contributed by atoms with van der Waals surface area (Å²) in [6, 6.07) is 17.5. The minimum atomic E-state index is -0.858. The summed E-state index contributed by atoms with van der Waals surface area (Å²) in [5, 5.41) is 0. The molecule has 5 nitrogen and oxygen atoms in total. The number of hydrogen-bond donors (Lipinski definition) is 0. The lowest BCUT2D eigenvalue weighted by Crippen LogP contribution is -2.18. The topological polar surface area (TPSA) is 61.8 Å². The van der Waals surface area contributed by atoms with Crippen LogP contribution in [0.15, 0.2) is 66.7 Å². The third-order valence-corrected chi connectivity index (χ3v) is 5.08. The fraction of sp³-hybridized carbons (Fsp3) is 0.200. The first-order valence-electron chi connectivity index (χ1n) is 9.65. The molecule has 160 valence electrons. The van der Waals surface area contributed by atoms with Crippen molar-refractivity contribution in [1.29, 1.82) is 0 Å². The van der Waals surface area contributed by atoms with Crippen LogP contribution in [0.1, 0.15) is 38.6 Å². The molecule has 0 amide bonds. The van der Waals surface area contributed by atoms with Crippen molar-refractivity contribution < 1.29 is 28.2 Å². The Bertz CT molecular complexity index is 1060. The summed E-state index contributed by atoms with van der Waals surface area (Å²) in [6.45, 7) is 0. The zero-order chi connectivity index (χ0) is 22.4. The summed E-state index contributed by atoms with van der Waals surface area (Å²) < 4.78 is 29.9. The van der Waals surface area contributed by atoms with Gasteiger partial charge < -0.3 is 14.2 Å². The zero-order valence-corrected chi connectivity index (χ0v) is 17.6. The number of carbonyl (C=O) groups is 2. The van der Waals surface area contributed by atoms with Gasteiger partial charge in [-0.3, -0.25) is 9.59 Å². The number of methoxy groups -OCH3 is 3. The highest BCUT2D eigenvalue weighted by Gasteiger charge is 2.28. The number of carbonyl (C=O) groups excluding carboxylic acids is 2. The van der Waals surface area contributed by atoms with Crippen LogP contribution in [0.4, 0.5) is 4.39 Å². The molecule has 0 radical (unpaired) electrons. The fourth-order valence-electron chi connectivity index (χ4n) is 3.29. The third-order valence-electron chi connectivity index (χ3n) is 5.08. The van der Waals surface area contributed by atoms with Gasteiger partial charge in [0.25, 0.3) is 0 Å². The molecule has 0 bridgehead atoms. The van der Waals surface area contributed by atoms with E-state index < -0.39 is 17.5 Å². The van der Waals surface area contributed by atoms with E-state index in [1.54, 1.807) is 55.6 Å². The largest absolute Gasteiger partial charge is 0.497 e. The van der Waals surface area contributed by atoms with E-state index in [1.807, 2.05) is 0 Å². The lowest BCUT2D eigenvalue weighted by atomic mass is 9.85. The second-order valence-electron chi connectivity index (χ2n) is 6.89. The summed E-state index contributed by atoms with van der Waals surface area (Å²) in [5.41, 5.74) is 0.953. The van der Waals surface area contributed by atoms with E-state index in [4.69, 9.17) is 14.2 Å². The summed E-state index contributed by atoms with van der Waals surface area (Å²) in [5.74, 6) is -0.711. The maximum Gasteiger partial charge on any atom is 0.173 e. The van der Waals surface area contributed by atoms with Gasteiger partial charge >= 0.3 is 0 Å². The first-order chi connectivity index (χ1) is 15.0. The monoisotopic (exact) mass is 422 g/mol. The van der Waals surface area contributed by atoms with Crippen LogP contribution in [0.5, 0.6) is 17.2 Å². The van der Waals surface area contributed by atoms with Crippen LogP contribution < -0.4 is 14.2 Å². The Labute approximate surface area is 180 Å². The number of rotatable bonds is 9. The van der Waals surface area contributed by atoms with Crippen molar-refractivity contribution in [3.05, 3.63) is 89.2 Å². The Kier molecular flexibility index (Phi) is 7.03. The molecule has 0 fully saturated rings. The summed E-state index contributed by atoms with van der Waals surface area (Å²) >= 11 is 0. The zero-order valence-electron chi connectivity index (χ0n) is 17.6. The molecule has 0 aliphatic heterocycles. The molecule has 0 aliphatic rings. The fourth-order valence-corrected chi connectivity index (χ4v) is 3.29. The molecule has 0 spiro atoms. The number of ether oxygens (including phenoxy) is 3. The Morgan fingerprint density at radius 1 is 0.774 bits per heavy atom. The number of ketones is 2. The van der Waals surface area contributed by atoms with E-state index >= 15 is 0 Å². The van der Waals surface area contributed by atoms with Crippen molar-refractivity contribution in [2.45, 2.75) is 12.3 Å². The van der Waals surface area contributed by atoms with Gasteiger partial charge in [-0.1, -0.05) is 12.1 Å². The molecule has 0 N–H and O–H groups in total. The van der Waals surface area contributed by atoms with Crippen molar-refractivity contribution >= 4 is 11.6 Å². The first kappa shape index (κ1) is 22.0. The molecular weight excluding hydrogens is 399 g/mol. The van der Waals surface area contributed by atoms with Gasteiger partial charge in [0, 0.05) is 18.1 Å². The lowest BCUT2D eigenvalue weighted by Gasteiger charge is -2.17. The molecule has 0 aromatic heterocycles. The second-order valence-corrected chi connectivity index (χ2v) is 6.89. The van der Waals surface area contributed by atoms with E-state index in [-0.39, 0.29) is 17.8 Å². The molecule has 3 aromatic rings. The first-order valence-corrected chi connectivity index (χ1v) is 9.65. The maximum atomic E-state index is 14.6. The molecular formula is C25H23FO5. The predicted octanol–water partition coefficient (Wildman–Crippen LogP) is 5.09. The molecule has 3 aromatic carbocycles. The van der Waals surface area contributed by atoms with Crippen molar-refractivity contribution in [1.82, 2.24) is 0 Å². The Balaban J connectivity index is 1.95. The normalized spacial score (nSPS) is 11.5. The number of benzene rings is 3. The highest BCUT2D eigenvalue weighted by Crippen LogP contribution is 2.30. The molecule has 31 heavy (non-hydrogen) atoms. The van der Waals surface area contributed by atoms with E-state index in [9.17, 15) is 14.0 Å². The van der Waals surface area contributed by atoms with Gasteiger partial charge in [0.05, 0.1) is 32.8 Å². The highest BCUT2D eigenvalue weighted by atomic mass is 19.1. The Hall–Kier alpha value is -3.67. The van der Waals surface area contributed by atoms with Crippen molar-refractivity contribution in [2.24, 2.45) is 0 Å².